The van der Waals surface area contributed by atoms with E-state index in [4.69, 9.17) is 5.73 Å². The summed E-state index contributed by atoms with van der Waals surface area (Å²) in [5.74, 6) is 1.19. The number of hydrogen-bond donors (Lipinski definition) is 3. The summed E-state index contributed by atoms with van der Waals surface area (Å²) in [7, 11) is 0. The van der Waals surface area contributed by atoms with Crippen LogP contribution in [0.5, 0.6) is 0 Å². The van der Waals surface area contributed by atoms with Crippen molar-refractivity contribution in [2.75, 3.05) is 10.2 Å². The number of aliphatic hydroxyl groups excluding tert-OH is 1. The molecule has 1 aliphatic heterocycles. The summed E-state index contributed by atoms with van der Waals surface area (Å²) < 4.78 is 0. The van der Waals surface area contributed by atoms with Gasteiger partial charge in [0.15, 0.2) is 0 Å². The van der Waals surface area contributed by atoms with Crippen LogP contribution in [0.3, 0.4) is 0 Å². The zero-order chi connectivity index (χ0) is 20.0. The van der Waals surface area contributed by atoms with E-state index in [9.17, 15) is 9.90 Å². The highest BCUT2D eigenvalue weighted by molar-refractivity contribution is 5.93. The Hall–Kier alpha value is -2.60. The number of aryl methyl sites for hydroxylation is 1. The highest BCUT2D eigenvalue weighted by Gasteiger charge is 2.47. The summed E-state index contributed by atoms with van der Waals surface area (Å²) in [6, 6.07) is 9.69. The van der Waals surface area contributed by atoms with Gasteiger partial charge in [-0.1, -0.05) is 13.0 Å². The molecule has 4 atom stereocenters. The third-order valence-corrected chi connectivity index (χ3v) is 6.12. The van der Waals surface area contributed by atoms with E-state index in [0.29, 0.717) is 11.5 Å². The van der Waals surface area contributed by atoms with Crippen LogP contribution in [0.15, 0.2) is 36.5 Å². The third-order valence-electron chi connectivity index (χ3n) is 6.12. The minimum Gasteiger partial charge on any atom is -0.374 e. The van der Waals surface area contributed by atoms with Crippen molar-refractivity contribution >= 4 is 17.4 Å². The standard InChI is InChI=1S/C22H28N4O2/c1-12-5-4-10-24-22(12)25-19-13(2)20(15-6-7-15)26(14(3)27)18-9-8-16(21(23)28)11-17(18)19/h4-5,8-11,13-15,19-20,27H,6-7H2,1-3H3,(H2,23,28)(H,24,25)/t13-,14?,19-,20-/m1/s1. The molecular formula is C22H28N4O2. The van der Waals surface area contributed by atoms with Crippen LogP contribution < -0.4 is 16.0 Å². The summed E-state index contributed by atoms with van der Waals surface area (Å²) in [6.07, 6.45) is 3.54. The number of amides is 1. The van der Waals surface area contributed by atoms with Crippen LogP contribution in [-0.4, -0.2) is 28.3 Å². The van der Waals surface area contributed by atoms with Crippen molar-refractivity contribution < 1.29 is 9.90 Å². The van der Waals surface area contributed by atoms with E-state index >= 15 is 0 Å². The number of hydrogen-bond acceptors (Lipinski definition) is 5. The first-order valence-corrected chi connectivity index (χ1v) is 9.96. The van der Waals surface area contributed by atoms with Gasteiger partial charge in [-0.2, -0.15) is 0 Å². The molecule has 148 valence electrons. The molecule has 0 saturated heterocycles. The molecule has 1 fully saturated rings. The Kier molecular flexibility index (Phi) is 4.75. The summed E-state index contributed by atoms with van der Waals surface area (Å²) in [5, 5.41) is 14.2. The number of rotatable bonds is 5. The van der Waals surface area contributed by atoms with Crippen molar-refractivity contribution in [3.05, 3.63) is 53.2 Å². The first-order chi connectivity index (χ1) is 13.4. The van der Waals surface area contributed by atoms with Gasteiger partial charge in [-0.25, -0.2) is 4.98 Å². The number of pyridine rings is 1. The fourth-order valence-corrected chi connectivity index (χ4v) is 4.62. The van der Waals surface area contributed by atoms with Crippen LogP contribution in [0.25, 0.3) is 0 Å². The lowest BCUT2D eigenvalue weighted by atomic mass is 9.79. The van der Waals surface area contributed by atoms with Crippen molar-refractivity contribution in [2.45, 2.75) is 51.9 Å². The number of nitrogens with one attached hydrogen (secondary N) is 1. The molecule has 2 heterocycles. The highest BCUT2D eigenvalue weighted by atomic mass is 16.3. The van der Waals surface area contributed by atoms with Gasteiger partial charge in [0, 0.05) is 29.4 Å². The van der Waals surface area contributed by atoms with E-state index in [1.54, 1.807) is 12.3 Å². The fourth-order valence-electron chi connectivity index (χ4n) is 4.62. The number of carbonyl (C=O) groups is 1. The average molecular weight is 380 g/mol. The topological polar surface area (TPSA) is 91.5 Å². The van der Waals surface area contributed by atoms with Crippen molar-refractivity contribution in [1.29, 1.82) is 0 Å². The van der Waals surface area contributed by atoms with Gasteiger partial charge in [0.25, 0.3) is 0 Å². The normalized spacial score (nSPS) is 25.1. The lowest BCUT2D eigenvalue weighted by molar-refractivity contribution is 0.1000. The maximum Gasteiger partial charge on any atom is 0.248 e. The highest BCUT2D eigenvalue weighted by Crippen LogP contribution is 2.50. The van der Waals surface area contributed by atoms with Gasteiger partial charge in [-0.05, 0) is 68.0 Å². The second-order valence-electron chi connectivity index (χ2n) is 8.16. The molecule has 1 aromatic carbocycles. The van der Waals surface area contributed by atoms with E-state index < -0.39 is 12.1 Å². The van der Waals surface area contributed by atoms with E-state index in [-0.39, 0.29) is 18.0 Å². The first kappa shape index (κ1) is 18.7. The minimum atomic E-state index is -0.608. The Morgan fingerprint density at radius 1 is 1.36 bits per heavy atom. The van der Waals surface area contributed by atoms with E-state index in [0.717, 1.165) is 22.6 Å². The minimum absolute atomic E-state index is 0.0245. The molecule has 1 aliphatic carbocycles. The second kappa shape index (κ2) is 7.09. The van der Waals surface area contributed by atoms with E-state index in [1.807, 2.05) is 38.1 Å². The van der Waals surface area contributed by atoms with Gasteiger partial charge in [-0.15, -0.1) is 0 Å². The third kappa shape index (κ3) is 3.22. The lowest BCUT2D eigenvalue weighted by Crippen LogP contribution is -2.53. The Bertz CT molecular complexity index is 894. The maximum atomic E-state index is 11.8. The molecule has 0 bridgehead atoms. The Morgan fingerprint density at radius 2 is 2.11 bits per heavy atom. The van der Waals surface area contributed by atoms with Gasteiger partial charge in [0.05, 0.1) is 6.04 Å². The number of carbonyl (C=O) groups excluding carboxylic acids is 1. The van der Waals surface area contributed by atoms with Crippen LogP contribution in [0.4, 0.5) is 11.5 Å². The molecule has 1 aromatic heterocycles. The first-order valence-electron chi connectivity index (χ1n) is 9.96. The van der Waals surface area contributed by atoms with Gasteiger partial charge >= 0.3 is 0 Å². The Balaban J connectivity index is 1.84. The number of anilines is 2. The van der Waals surface area contributed by atoms with E-state index in [2.05, 4.69) is 22.1 Å². The average Bonchev–Trinajstić information content (AvgIpc) is 3.49. The van der Waals surface area contributed by atoms with Crippen LogP contribution in [0.2, 0.25) is 0 Å². The molecule has 6 heteroatoms. The van der Waals surface area contributed by atoms with Crippen LogP contribution >= 0.6 is 0 Å². The zero-order valence-corrected chi connectivity index (χ0v) is 16.6. The zero-order valence-electron chi connectivity index (χ0n) is 16.6. The SMILES string of the molecule is Cc1cccnc1N[C@H]1c2cc(C(N)=O)ccc2N(C(C)O)[C@@H](C2CC2)[C@@H]1C. The van der Waals surface area contributed by atoms with Gasteiger partial charge < -0.3 is 21.1 Å². The molecule has 1 saturated carbocycles. The molecule has 4 rings (SSSR count). The van der Waals surface area contributed by atoms with Gasteiger partial charge in [-0.3, -0.25) is 4.79 Å². The Morgan fingerprint density at radius 3 is 2.71 bits per heavy atom. The van der Waals surface area contributed by atoms with Crippen LogP contribution in [0, 0.1) is 18.8 Å². The summed E-state index contributed by atoms with van der Waals surface area (Å²) >= 11 is 0. The number of primary amides is 1. The monoisotopic (exact) mass is 380 g/mol. The smallest absolute Gasteiger partial charge is 0.248 e. The summed E-state index contributed by atoms with van der Waals surface area (Å²) in [5.41, 5.74) is 9.04. The number of aromatic nitrogens is 1. The predicted molar refractivity (Wildman–Crippen MR) is 110 cm³/mol. The number of nitrogens with two attached hydrogens (primary N) is 1. The molecule has 1 unspecified atom stereocenters. The molecule has 1 amide bonds. The van der Waals surface area contributed by atoms with Gasteiger partial charge in [0.2, 0.25) is 5.91 Å². The summed E-state index contributed by atoms with van der Waals surface area (Å²) in [6.45, 7) is 6.06. The molecule has 0 spiro atoms. The van der Waals surface area contributed by atoms with Crippen LogP contribution in [-0.2, 0) is 0 Å². The molecule has 2 aliphatic rings. The second-order valence-corrected chi connectivity index (χ2v) is 8.16. The molecule has 28 heavy (non-hydrogen) atoms. The number of benzene rings is 1. The number of aliphatic hydroxyl groups is 1. The lowest BCUT2D eigenvalue weighted by Gasteiger charge is -2.48. The maximum absolute atomic E-state index is 11.8. The van der Waals surface area contributed by atoms with Crippen molar-refractivity contribution in [2.24, 2.45) is 17.6 Å². The number of fused-ring (bicyclic) bond motifs is 1. The molecule has 4 N–H and O–H groups in total. The van der Waals surface area contributed by atoms with Gasteiger partial charge in [0.1, 0.15) is 12.0 Å². The predicted octanol–water partition coefficient (Wildman–Crippen LogP) is 3.22. The van der Waals surface area contributed by atoms with Crippen LogP contribution in [0.1, 0.15) is 54.2 Å². The quantitative estimate of drug-likeness (QED) is 0.741. The van der Waals surface area contributed by atoms with Crippen molar-refractivity contribution in [3.8, 4) is 0 Å². The number of nitrogens with zero attached hydrogens (tertiary/aromatic N) is 2. The van der Waals surface area contributed by atoms with Crippen molar-refractivity contribution in [1.82, 2.24) is 4.98 Å². The van der Waals surface area contributed by atoms with Crippen molar-refractivity contribution in [3.63, 3.8) is 0 Å². The molecule has 6 nitrogen and oxygen atoms in total. The molecular weight excluding hydrogens is 352 g/mol. The fraction of sp³-hybridized carbons (Fsp3) is 0.455. The summed E-state index contributed by atoms with van der Waals surface area (Å²) in [4.78, 5) is 18.4. The largest absolute Gasteiger partial charge is 0.374 e. The van der Waals surface area contributed by atoms with E-state index in [1.165, 1.54) is 12.8 Å². The Labute approximate surface area is 165 Å². The molecule has 2 aromatic rings. The molecule has 0 radical (unpaired) electrons.